The molecule has 0 aliphatic carbocycles. The number of fused-ring (bicyclic) bond motifs is 1. The van der Waals surface area contributed by atoms with E-state index < -0.39 is 0 Å². The molecule has 0 bridgehead atoms. The number of ether oxygens (including phenoxy) is 1. The molecule has 2 aliphatic rings. The molecule has 2 aliphatic heterocycles. The Morgan fingerprint density at radius 3 is 3.00 bits per heavy atom. The van der Waals surface area contributed by atoms with E-state index in [9.17, 15) is 9.59 Å². The lowest BCUT2D eigenvalue weighted by Gasteiger charge is -2.23. The molecule has 1 fully saturated rings. The van der Waals surface area contributed by atoms with Gasteiger partial charge in [-0.3, -0.25) is 9.59 Å². The van der Waals surface area contributed by atoms with E-state index in [0.717, 1.165) is 12.2 Å². The number of nitrogens with one attached hydrogen (secondary N) is 1. The smallest absolute Gasteiger partial charge is 0.257 e. The van der Waals surface area contributed by atoms with Crippen molar-refractivity contribution in [2.45, 2.75) is 6.42 Å². The first kappa shape index (κ1) is 12.8. The maximum Gasteiger partial charge on any atom is 0.257 e. The summed E-state index contributed by atoms with van der Waals surface area (Å²) in [5, 5.41) is 3.21. The third-order valence-electron chi connectivity index (χ3n) is 3.79. The molecule has 1 aromatic rings. The minimum Gasteiger partial charge on any atom is -0.489 e. The van der Waals surface area contributed by atoms with E-state index in [2.05, 4.69) is 5.32 Å². The highest BCUT2D eigenvalue weighted by atomic mass is 16.5. The molecular weight excluding hydrogens is 258 g/mol. The minimum absolute atomic E-state index is 0.102. The standard InChI is InChI=1S/C14H17N3O3/c15-13(18)9-4-6-17(8-9)14(19)10-2-1-3-11-12(10)20-7-5-16-11/h1-3,9,16H,4-8H2,(H2,15,18). The second-order valence-electron chi connectivity index (χ2n) is 5.10. The Morgan fingerprint density at radius 2 is 2.25 bits per heavy atom. The minimum atomic E-state index is -0.340. The Morgan fingerprint density at radius 1 is 1.40 bits per heavy atom. The first-order valence-electron chi connectivity index (χ1n) is 6.75. The second kappa shape index (κ2) is 5.03. The summed E-state index contributed by atoms with van der Waals surface area (Å²) in [6.45, 7) is 2.23. The normalized spacial score (nSPS) is 20.8. The quantitative estimate of drug-likeness (QED) is 0.820. The van der Waals surface area contributed by atoms with Gasteiger partial charge in [-0.25, -0.2) is 0 Å². The lowest BCUT2D eigenvalue weighted by atomic mass is 10.1. The summed E-state index contributed by atoms with van der Waals surface area (Å²) in [6, 6.07) is 5.47. The van der Waals surface area contributed by atoms with Gasteiger partial charge in [-0.05, 0) is 18.6 Å². The summed E-state index contributed by atoms with van der Waals surface area (Å²) >= 11 is 0. The van der Waals surface area contributed by atoms with Crippen LogP contribution in [-0.4, -0.2) is 43.0 Å². The number of nitrogens with zero attached hydrogens (tertiary/aromatic N) is 1. The Hall–Kier alpha value is -2.24. The average molecular weight is 275 g/mol. The summed E-state index contributed by atoms with van der Waals surface area (Å²) in [5.41, 5.74) is 6.68. The number of benzene rings is 1. The number of para-hydroxylation sites is 1. The maximum atomic E-state index is 12.6. The second-order valence-corrected chi connectivity index (χ2v) is 5.10. The van der Waals surface area contributed by atoms with Crippen molar-refractivity contribution < 1.29 is 14.3 Å². The third kappa shape index (κ3) is 2.17. The van der Waals surface area contributed by atoms with Gasteiger partial charge in [0.25, 0.3) is 5.91 Å². The van der Waals surface area contributed by atoms with Crippen molar-refractivity contribution in [3.63, 3.8) is 0 Å². The number of hydrogen-bond acceptors (Lipinski definition) is 4. The van der Waals surface area contributed by atoms with Crippen LogP contribution in [0.4, 0.5) is 5.69 Å². The fourth-order valence-electron chi connectivity index (χ4n) is 2.69. The zero-order valence-corrected chi connectivity index (χ0v) is 11.1. The average Bonchev–Trinajstić information content (AvgIpc) is 2.96. The van der Waals surface area contributed by atoms with Gasteiger partial charge >= 0.3 is 0 Å². The number of nitrogens with two attached hydrogens (primary N) is 1. The predicted molar refractivity (Wildman–Crippen MR) is 73.6 cm³/mol. The summed E-state index contributed by atoms with van der Waals surface area (Å²) in [4.78, 5) is 25.4. The van der Waals surface area contributed by atoms with Crippen LogP contribution in [0.25, 0.3) is 0 Å². The molecule has 2 amide bonds. The summed E-state index contributed by atoms with van der Waals surface area (Å²) in [7, 11) is 0. The van der Waals surface area contributed by atoms with E-state index >= 15 is 0 Å². The van der Waals surface area contributed by atoms with Crippen LogP contribution in [-0.2, 0) is 4.79 Å². The zero-order valence-electron chi connectivity index (χ0n) is 11.1. The van der Waals surface area contributed by atoms with Crippen molar-refractivity contribution in [1.82, 2.24) is 4.90 Å². The van der Waals surface area contributed by atoms with E-state index in [-0.39, 0.29) is 17.7 Å². The summed E-state index contributed by atoms with van der Waals surface area (Å²) in [5.74, 6) is -0.0774. The van der Waals surface area contributed by atoms with Crippen molar-refractivity contribution >= 4 is 17.5 Å². The van der Waals surface area contributed by atoms with Gasteiger partial charge in [0.1, 0.15) is 6.61 Å². The first-order valence-corrected chi connectivity index (χ1v) is 6.75. The molecule has 1 atom stereocenters. The van der Waals surface area contributed by atoms with Crippen molar-refractivity contribution in [3.8, 4) is 5.75 Å². The highest BCUT2D eigenvalue weighted by Crippen LogP contribution is 2.32. The van der Waals surface area contributed by atoms with E-state index in [0.29, 0.717) is 37.4 Å². The molecular formula is C14H17N3O3. The van der Waals surface area contributed by atoms with Crippen LogP contribution in [0.1, 0.15) is 16.8 Å². The van der Waals surface area contributed by atoms with Gasteiger partial charge in [0, 0.05) is 19.6 Å². The number of primary amides is 1. The number of carbonyl (C=O) groups is 2. The fraction of sp³-hybridized carbons (Fsp3) is 0.429. The molecule has 20 heavy (non-hydrogen) atoms. The zero-order chi connectivity index (χ0) is 14.1. The Balaban J connectivity index is 1.83. The van der Waals surface area contributed by atoms with Crippen LogP contribution in [0.15, 0.2) is 18.2 Å². The number of carbonyl (C=O) groups excluding carboxylic acids is 2. The fourth-order valence-corrected chi connectivity index (χ4v) is 2.69. The van der Waals surface area contributed by atoms with Crippen LogP contribution in [0.3, 0.4) is 0 Å². The van der Waals surface area contributed by atoms with Gasteiger partial charge in [-0.15, -0.1) is 0 Å². The topological polar surface area (TPSA) is 84.7 Å². The van der Waals surface area contributed by atoms with Crippen molar-refractivity contribution in [3.05, 3.63) is 23.8 Å². The predicted octanol–water partition coefficient (Wildman–Crippen LogP) is 0.438. The lowest BCUT2D eigenvalue weighted by Crippen LogP contribution is -2.32. The van der Waals surface area contributed by atoms with Crippen LogP contribution in [0.5, 0.6) is 5.75 Å². The van der Waals surface area contributed by atoms with Gasteiger partial charge in [-0.2, -0.15) is 0 Å². The molecule has 106 valence electrons. The van der Waals surface area contributed by atoms with Crippen LogP contribution in [0, 0.1) is 5.92 Å². The van der Waals surface area contributed by atoms with E-state index in [1.807, 2.05) is 12.1 Å². The molecule has 2 heterocycles. The molecule has 1 saturated heterocycles. The van der Waals surface area contributed by atoms with Crippen molar-refractivity contribution in [2.24, 2.45) is 11.7 Å². The molecule has 1 unspecified atom stereocenters. The van der Waals surface area contributed by atoms with E-state index in [4.69, 9.17) is 10.5 Å². The van der Waals surface area contributed by atoms with Crippen molar-refractivity contribution in [2.75, 3.05) is 31.6 Å². The van der Waals surface area contributed by atoms with E-state index in [1.54, 1.807) is 11.0 Å². The highest BCUT2D eigenvalue weighted by molar-refractivity contribution is 5.99. The number of rotatable bonds is 2. The molecule has 0 aromatic heterocycles. The Labute approximate surface area is 116 Å². The van der Waals surface area contributed by atoms with Gasteiger partial charge in [0.05, 0.1) is 17.2 Å². The van der Waals surface area contributed by atoms with E-state index in [1.165, 1.54) is 0 Å². The lowest BCUT2D eigenvalue weighted by molar-refractivity contribution is -0.121. The third-order valence-corrected chi connectivity index (χ3v) is 3.79. The van der Waals surface area contributed by atoms with Crippen LogP contribution in [0.2, 0.25) is 0 Å². The maximum absolute atomic E-state index is 12.6. The molecule has 0 saturated carbocycles. The van der Waals surface area contributed by atoms with Crippen molar-refractivity contribution in [1.29, 1.82) is 0 Å². The van der Waals surface area contributed by atoms with Gasteiger partial charge in [0.15, 0.2) is 5.75 Å². The molecule has 0 spiro atoms. The van der Waals surface area contributed by atoms with Crippen LogP contribution < -0.4 is 15.8 Å². The first-order chi connectivity index (χ1) is 9.66. The largest absolute Gasteiger partial charge is 0.489 e. The Bertz CT molecular complexity index is 559. The molecule has 3 rings (SSSR count). The number of likely N-dealkylation sites (tertiary alicyclic amines) is 1. The number of anilines is 1. The van der Waals surface area contributed by atoms with Crippen LogP contribution >= 0.6 is 0 Å². The summed E-state index contributed by atoms with van der Waals surface area (Å²) in [6.07, 6.45) is 0.634. The number of amides is 2. The highest BCUT2D eigenvalue weighted by Gasteiger charge is 2.32. The monoisotopic (exact) mass is 275 g/mol. The van der Waals surface area contributed by atoms with Gasteiger partial charge in [-0.1, -0.05) is 6.07 Å². The molecule has 6 nitrogen and oxygen atoms in total. The van der Waals surface area contributed by atoms with Gasteiger partial charge < -0.3 is 20.7 Å². The number of hydrogen-bond donors (Lipinski definition) is 2. The SMILES string of the molecule is NC(=O)C1CCN(C(=O)c2cccc3c2OCCN3)C1. The molecule has 0 radical (unpaired) electrons. The molecule has 6 heteroatoms. The molecule has 3 N–H and O–H groups in total. The molecule has 1 aromatic carbocycles. The summed E-state index contributed by atoms with van der Waals surface area (Å²) < 4.78 is 5.61. The van der Waals surface area contributed by atoms with Gasteiger partial charge in [0.2, 0.25) is 5.91 Å². The Kier molecular flexibility index (Phi) is 3.22.